The molecule has 3 nitrogen and oxygen atoms in total. The summed E-state index contributed by atoms with van der Waals surface area (Å²) >= 11 is 0. The van der Waals surface area contributed by atoms with E-state index in [-0.39, 0.29) is 5.92 Å². The van der Waals surface area contributed by atoms with E-state index in [2.05, 4.69) is 18.9 Å². The Morgan fingerprint density at radius 1 is 1.47 bits per heavy atom. The summed E-state index contributed by atoms with van der Waals surface area (Å²) in [6.45, 7) is 5.41. The predicted molar refractivity (Wildman–Crippen MR) is 61.0 cm³/mol. The molecule has 0 radical (unpaired) electrons. The van der Waals surface area contributed by atoms with Gasteiger partial charge in [-0.05, 0) is 20.0 Å². The predicted octanol–water partition coefficient (Wildman–Crippen LogP) is 1.71. The smallest absolute Gasteiger partial charge is 0.141 e. The molecule has 1 rings (SSSR count). The highest BCUT2D eigenvalue weighted by molar-refractivity contribution is 5.81. The molecule has 1 saturated heterocycles. The molecule has 1 heterocycles. The second-order valence-corrected chi connectivity index (χ2v) is 4.46. The van der Waals surface area contributed by atoms with Crippen LogP contribution in [-0.2, 0) is 9.53 Å². The molecule has 0 aromatic heterocycles. The summed E-state index contributed by atoms with van der Waals surface area (Å²) in [6, 6.07) is 0. The average Bonchev–Trinajstić information content (AvgIpc) is 2.22. The van der Waals surface area contributed by atoms with Gasteiger partial charge in [-0.3, -0.25) is 4.79 Å². The van der Waals surface area contributed by atoms with Gasteiger partial charge >= 0.3 is 0 Å². The van der Waals surface area contributed by atoms with E-state index in [1.165, 1.54) is 19.3 Å². The van der Waals surface area contributed by atoms with Crippen molar-refractivity contribution in [3.63, 3.8) is 0 Å². The lowest BCUT2D eigenvalue weighted by Gasteiger charge is -2.26. The lowest BCUT2D eigenvalue weighted by molar-refractivity contribution is -0.131. The van der Waals surface area contributed by atoms with Crippen molar-refractivity contribution in [3.05, 3.63) is 0 Å². The third-order valence-electron chi connectivity index (χ3n) is 2.94. The molecule has 0 amide bonds. The van der Waals surface area contributed by atoms with Crippen LogP contribution in [0.25, 0.3) is 0 Å². The Labute approximate surface area is 92.8 Å². The molecule has 1 atom stereocenters. The van der Waals surface area contributed by atoms with E-state index in [1.54, 1.807) is 0 Å². The van der Waals surface area contributed by atoms with E-state index in [9.17, 15) is 4.79 Å². The Morgan fingerprint density at radius 2 is 2.27 bits per heavy atom. The van der Waals surface area contributed by atoms with Gasteiger partial charge in [-0.1, -0.05) is 19.8 Å². The van der Waals surface area contributed by atoms with E-state index < -0.39 is 0 Å². The molecule has 1 aliphatic rings. The molecular weight excluding hydrogens is 190 g/mol. The first-order valence-corrected chi connectivity index (χ1v) is 6.03. The molecule has 15 heavy (non-hydrogen) atoms. The van der Waals surface area contributed by atoms with Gasteiger partial charge in [0.2, 0.25) is 0 Å². The molecule has 1 fully saturated rings. The molecule has 0 saturated carbocycles. The molecule has 1 unspecified atom stereocenters. The first-order valence-electron chi connectivity index (χ1n) is 6.03. The van der Waals surface area contributed by atoms with E-state index >= 15 is 0 Å². The van der Waals surface area contributed by atoms with Gasteiger partial charge in [-0.15, -0.1) is 0 Å². The van der Waals surface area contributed by atoms with Crippen molar-refractivity contribution in [1.82, 2.24) is 4.90 Å². The minimum absolute atomic E-state index is 0.116. The van der Waals surface area contributed by atoms with E-state index in [0.29, 0.717) is 25.4 Å². The second kappa shape index (κ2) is 6.96. The summed E-state index contributed by atoms with van der Waals surface area (Å²) in [5, 5.41) is 0. The van der Waals surface area contributed by atoms with Crippen LogP contribution in [-0.4, -0.2) is 44.0 Å². The fourth-order valence-electron chi connectivity index (χ4n) is 1.95. The number of Topliss-reactive ketones (excluding diaryl/α,β-unsaturated/α-hetero) is 1. The molecule has 0 aromatic carbocycles. The first-order chi connectivity index (χ1) is 7.24. The fourth-order valence-corrected chi connectivity index (χ4v) is 1.95. The summed E-state index contributed by atoms with van der Waals surface area (Å²) in [5.41, 5.74) is 0. The van der Waals surface area contributed by atoms with Crippen molar-refractivity contribution in [2.75, 3.05) is 33.4 Å². The van der Waals surface area contributed by atoms with Gasteiger partial charge in [0.1, 0.15) is 5.78 Å². The quantitative estimate of drug-likeness (QED) is 0.629. The highest BCUT2D eigenvalue weighted by Crippen LogP contribution is 2.11. The monoisotopic (exact) mass is 213 g/mol. The minimum Gasteiger partial charge on any atom is -0.380 e. The van der Waals surface area contributed by atoms with Gasteiger partial charge in [0, 0.05) is 13.0 Å². The van der Waals surface area contributed by atoms with Gasteiger partial charge in [-0.2, -0.15) is 0 Å². The van der Waals surface area contributed by atoms with Gasteiger partial charge in [0.25, 0.3) is 0 Å². The number of unbranched alkanes of at least 4 members (excludes halogenated alkanes) is 2. The lowest BCUT2D eigenvalue weighted by atomic mass is 10.00. The van der Waals surface area contributed by atoms with Crippen LogP contribution in [0, 0.1) is 5.92 Å². The molecule has 0 spiro atoms. The average molecular weight is 213 g/mol. The van der Waals surface area contributed by atoms with Crippen LogP contribution in [0.15, 0.2) is 0 Å². The van der Waals surface area contributed by atoms with Gasteiger partial charge in [0.15, 0.2) is 0 Å². The van der Waals surface area contributed by atoms with Crippen LogP contribution in [0.5, 0.6) is 0 Å². The van der Waals surface area contributed by atoms with E-state index in [1.807, 2.05) is 0 Å². The molecule has 0 N–H and O–H groups in total. The number of rotatable bonds is 6. The fraction of sp³-hybridized carbons (Fsp3) is 0.917. The zero-order valence-corrected chi connectivity index (χ0v) is 10.00. The lowest BCUT2D eigenvalue weighted by Crippen LogP contribution is -2.37. The number of ether oxygens (including phenoxy) is 1. The van der Waals surface area contributed by atoms with Crippen molar-refractivity contribution >= 4 is 5.78 Å². The third-order valence-corrected chi connectivity index (χ3v) is 2.94. The summed E-state index contributed by atoms with van der Waals surface area (Å²) in [5.74, 6) is 0.494. The number of carbonyl (C=O) groups excluding carboxylic acids is 1. The zero-order chi connectivity index (χ0) is 11.1. The maximum atomic E-state index is 11.6. The van der Waals surface area contributed by atoms with Crippen LogP contribution >= 0.6 is 0 Å². The van der Waals surface area contributed by atoms with Crippen molar-refractivity contribution < 1.29 is 9.53 Å². The van der Waals surface area contributed by atoms with Crippen LogP contribution in [0.1, 0.15) is 32.6 Å². The van der Waals surface area contributed by atoms with Crippen LogP contribution in [0.4, 0.5) is 0 Å². The van der Waals surface area contributed by atoms with Gasteiger partial charge < -0.3 is 9.64 Å². The number of nitrogens with zero attached hydrogens (tertiary/aromatic N) is 1. The number of hydrogen-bond acceptors (Lipinski definition) is 3. The summed E-state index contributed by atoms with van der Waals surface area (Å²) in [4.78, 5) is 13.8. The maximum absolute atomic E-state index is 11.6. The second-order valence-electron chi connectivity index (χ2n) is 4.46. The standard InChI is InChI=1S/C12H23NO2/c1-3-4-5-7-13(2)9-11-10-15-8-6-12(11)14/h11H,3-10H2,1-2H3. The van der Waals surface area contributed by atoms with Crippen molar-refractivity contribution in [2.45, 2.75) is 32.6 Å². The highest BCUT2D eigenvalue weighted by Gasteiger charge is 2.23. The van der Waals surface area contributed by atoms with Crippen molar-refractivity contribution in [1.29, 1.82) is 0 Å². The number of hydrogen-bond donors (Lipinski definition) is 0. The largest absolute Gasteiger partial charge is 0.380 e. The Morgan fingerprint density at radius 3 is 2.93 bits per heavy atom. The Kier molecular flexibility index (Phi) is 5.88. The number of ketones is 1. The van der Waals surface area contributed by atoms with Crippen LogP contribution < -0.4 is 0 Å². The SMILES string of the molecule is CCCCCN(C)CC1COCCC1=O. The topological polar surface area (TPSA) is 29.5 Å². The van der Waals surface area contributed by atoms with Gasteiger partial charge in [0.05, 0.1) is 19.1 Å². The number of carbonyl (C=O) groups is 1. The third kappa shape index (κ3) is 4.76. The molecule has 88 valence electrons. The van der Waals surface area contributed by atoms with Crippen LogP contribution in [0.3, 0.4) is 0 Å². The molecule has 0 aromatic rings. The molecular formula is C12H23NO2. The van der Waals surface area contributed by atoms with Crippen molar-refractivity contribution in [2.24, 2.45) is 5.92 Å². The molecule has 0 bridgehead atoms. The Balaban J connectivity index is 2.17. The normalized spacial score (nSPS) is 22.3. The molecule has 3 heteroatoms. The van der Waals surface area contributed by atoms with Crippen LogP contribution in [0.2, 0.25) is 0 Å². The molecule has 1 aliphatic heterocycles. The van der Waals surface area contributed by atoms with E-state index in [0.717, 1.165) is 13.1 Å². The summed E-state index contributed by atoms with van der Waals surface area (Å²) < 4.78 is 5.33. The van der Waals surface area contributed by atoms with Gasteiger partial charge in [-0.25, -0.2) is 0 Å². The Hall–Kier alpha value is -0.410. The highest BCUT2D eigenvalue weighted by atomic mass is 16.5. The summed E-state index contributed by atoms with van der Waals surface area (Å²) in [6.07, 6.45) is 4.36. The zero-order valence-electron chi connectivity index (χ0n) is 10.00. The Bertz CT molecular complexity index is 194. The summed E-state index contributed by atoms with van der Waals surface area (Å²) in [7, 11) is 2.09. The first kappa shape index (κ1) is 12.7. The minimum atomic E-state index is 0.116. The maximum Gasteiger partial charge on any atom is 0.141 e. The molecule has 0 aliphatic carbocycles. The van der Waals surface area contributed by atoms with E-state index in [4.69, 9.17) is 4.74 Å². The van der Waals surface area contributed by atoms with Crippen molar-refractivity contribution in [3.8, 4) is 0 Å².